The van der Waals surface area contributed by atoms with Crippen LogP contribution >= 0.6 is 15.9 Å². The Morgan fingerprint density at radius 1 is 1.44 bits per heavy atom. The van der Waals surface area contributed by atoms with Crippen LogP contribution in [0.3, 0.4) is 0 Å². The number of rotatable bonds is 4. The van der Waals surface area contributed by atoms with Crippen LogP contribution in [0.5, 0.6) is 5.75 Å². The minimum atomic E-state index is 0.169. The molecule has 16 heavy (non-hydrogen) atoms. The Balaban J connectivity index is 1.84. The lowest BCUT2D eigenvalue weighted by molar-refractivity contribution is -0.124. The Hall–Kier alpha value is -0.900. The molecule has 0 amide bonds. The van der Waals surface area contributed by atoms with Crippen molar-refractivity contribution in [2.45, 2.75) is 25.7 Å². The van der Waals surface area contributed by atoms with E-state index in [-0.39, 0.29) is 18.3 Å². The lowest BCUT2D eigenvalue weighted by Gasteiger charge is -2.09. The lowest BCUT2D eigenvalue weighted by Crippen LogP contribution is -2.19. The average Bonchev–Trinajstić information content (AvgIpc) is 2.79. The largest absolute Gasteiger partial charge is 0.484 e. The zero-order chi connectivity index (χ0) is 11.4. The zero-order valence-corrected chi connectivity index (χ0v) is 10.6. The molecule has 1 aromatic heterocycles. The van der Waals surface area contributed by atoms with Crippen LogP contribution in [0.25, 0.3) is 0 Å². The molecule has 1 aliphatic carbocycles. The van der Waals surface area contributed by atoms with Crippen molar-refractivity contribution in [3.63, 3.8) is 0 Å². The first-order valence-electron chi connectivity index (χ1n) is 5.52. The molecule has 0 saturated heterocycles. The van der Waals surface area contributed by atoms with E-state index in [0.717, 1.165) is 17.3 Å². The molecule has 86 valence electrons. The Morgan fingerprint density at radius 3 is 2.88 bits per heavy atom. The Labute approximate surface area is 103 Å². The summed E-state index contributed by atoms with van der Waals surface area (Å²) in [6.07, 6.45) is 7.71. The third-order valence-electron chi connectivity index (χ3n) is 2.87. The normalized spacial score (nSPS) is 16.3. The van der Waals surface area contributed by atoms with Gasteiger partial charge in [-0.3, -0.25) is 9.78 Å². The van der Waals surface area contributed by atoms with Gasteiger partial charge in [-0.15, -0.1) is 0 Å². The van der Waals surface area contributed by atoms with E-state index in [2.05, 4.69) is 20.9 Å². The molecular weight excluding hydrogens is 270 g/mol. The van der Waals surface area contributed by atoms with Gasteiger partial charge in [-0.1, -0.05) is 12.8 Å². The van der Waals surface area contributed by atoms with Crippen LogP contribution in [-0.4, -0.2) is 17.4 Å². The Bertz CT molecular complexity index is 375. The second kappa shape index (κ2) is 5.43. The molecule has 0 aliphatic heterocycles. The maximum Gasteiger partial charge on any atom is 0.173 e. The highest BCUT2D eigenvalue weighted by molar-refractivity contribution is 9.10. The molecule has 1 aromatic rings. The predicted octanol–water partition coefficient (Wildman–Crippen LogP) is 2.98. The van der Waals surface area contributed by atoms with E-state index in [9.17, 15) is 4.79 Å². The molecule has 1 saturated carbocycles. The summed E-state index contributed by atoms with van der Waals surface area (Å²) in [6, 6.07) is 1.81. The molecule has 0 unspecified atom stereocenters. The number of aromatic nitrogens is 1. The van der Waals surface area contributed by atoms with Gasteiger partial charge in [-0.2, -0.15) is 0 Å². The summed E-state index contributed by atoms with van der Waals surface area (Å²) >= 11 is 3.31. The maximum atomic E-state index is 11.7. The van der Waals surface area contributed by atoms with Crippen LogP contribution in [0.2, 0.25) is 0 Å². The van der Waals surface area contributed by atoms with Crippen LogP contribution in [0, 0.1) is 5.92 Å². The summed E-state index contributed by atoms with van der Waals surface area (Å²) in [6.45, 7) is 0.169. The van der Waals surface area contributed by atoms with Crippen molar-refractivity contribution >= 4 is 21.7 Å². The van der Waals surface area contributed by atoms with E-state index in [1.807, 2.05) is 6.07 Å². The van der Waals surface area contributed by atoms with Crippen LogP contribution in [0.15, 0.2) is 22.9 Å². The zero-order valence-electron chi connectivity index (χ0n) is 8.99. The minimum absolute atomic E-state index is 0.169. The second-order valence-electron chi connectivity index (χ2n) is 4.08. The molecule has 3 nitrogen and oxygen atoms in total. The molecule has 0 spiro atoms. The van der Waals surface area contributed by atoms with Crippen LogP contribution in [-0.2, 0) is 4.79 Å². The highest BCUT2D eigenvalue weighted by atomic mass is 79.9. The highest BCUT2D eigenvalue weighted by Gasteiger charge is 2.22. The fourth-order valence-corrected chi connectivity index (χ4v) is 2.34. The maximum absolute atomic E-state index is 11.7. The number of pyridine rings is 1. The molecule has 4 heteroatoms. The van der Waals surface area contributed by atoms with Gasteiger partial charge >= 0.3 is 0 Å². The number of hydrogen-bond acceptors (Lipinski definition) is 3. The summed E-state index contributed by atoms with van der Waals surface area (Å²) in [5.41, 5.74) is 0. The van der Waals surface area contributed by atoms with Crippen molar-refractivity contribution in [2.75, 3.05) is 6.61 Å². The average molecular weight is 284 g/mol. The Kier molecular flexibility index (Phi) is 3.93. The lowest BCUT2D eigenvalue weighted by atomic mass is 10.0. The molecule has 0 N–H and O–H groups in total. The Morgan fingerprint density at radius 2 is 2.19 bits per heavy atom. The number of carbonyl (C=O) groups excluding carboxylic acids is 1. The van der Waals surface area contributed by atoms with Gasteiger partial charge in [0.15, 0.2) is 5.78 Å². The molecule has 0 radical (unpaired) electrons. The first kappa shape index (κ1) is 11.6. The van der Waals surface area contributed by atoms with Gasteiger partial charge in [0.05, 0.1) is 6.20 Å². The predicted molar refractivity (Wildman–Crippen MR) is 64.4 cm³/mol. The second-order valence-corrected chi connectivity index (χ2v) is 4.99. The number of ketones is 1. The number of nitrogens with zero attached hydrogens (tertiary/aromatic N) is 1. The topological polar surface area (TPSA) is 39.2 Å². The minimum Gasteiger partial charge on any atom is -0.484 e. The van der Waals surface area contributed by atoms with Crippen molar-refractivity contribution in [3.05, 3.63) is 22.9 Å². The number of carbonyl (C=O) groups is 1. The van der Waals surface area contributed by atoms with E-state index in [4.69, 9.17) is 4.74 Å². The number of hydrogen-bond donors (Lipinski definition) is 0. The first-order chi connectivity index (χ1) is 7.75. The summed E-state index contributed by atoms with van der Waals surface area (Å²) in [7, 11) is 0. The summed E-state index contributed by atoms with van der Waals surface area (Å²) in [5, 5.41) is 0. The van der Waals surface area contributed by atoms with Gasteiger partial charge in [0.25, 0.3) is 0 Å². The van der Waals surface area contributed by atoms with Crippen molar-refractivity contribution in [2.24, 2.45) is 5.92 Å². The SMILES string of the molecule is O=C(COc1cncc(Br)c1)C1CCCC1. The van der Waals surface area contributed by atoms with E-state index in [1.54, 1.807) is 12.4 Å². The quantitative estimate of drug-likeness (QED) is 0.853. The third kappa shape index (κ3) is 3.04. The van der Waals surface area contributed by atoms with Gasteiger partial charge in [0.2, 0.25) is 0 Å². The molecule has 0 aromatic carbocycles. The van der Waals surface area contributed by atoms with Gasteiger partial charge in [-0.25, -0.2) is 0 Å². The van der Waals surface area contributed by atoms with E-state index in [1.165, 1.54) is 12.8 Å². The van der Waals surface area contributed by atoms with Crippen LogP contribution in [0.4, 0.5) is 0 Å². The first-order valence-corrected chi connectivity index (χ1v) is 6.31. The van der Waals surface area contributed by atoms with Gasteiger partial charge in [0.1, 0.15) is 12.4 Å². The van der Waals surface area contributed by atoms with Crippen molar-refractivity contribution in [1.82, 2.24) is 4.98 Å². The number of ether oxygens (including phenoxy) is 1. The smallest absolute Gasteiger partial charge is 0.173 e. The summed E-state index contributed by atoms with van der Waals surface area (Å²) < 4.78 is 6.28. The molecule has 0 bridgehead atoms. The molecule has 0 atom stereocenters. The fraction of sp³-hybridized carbons (Fsp3) is 0.500. The van der Waals surface area contributed by atoms with Gasteiger partial charge in [0, 0.05) is 16.6 Å². The molecule has 1 heterocycles. The number of Topliss-reactive ketones (excluding diaryl/α,β-unsaturated/α-hetero) is 1. The van der Waals surface area contributed by atoms with Crippen molar-refractivity contribution in [3.8, 4) is 5.75 Å². The van der Waals surface area contributed by atoms with E-state index < -0.39 is 0 Å². The van der Waals surface area contributed by atoms with E-state index in [0.29, 0.717) is 5.75 Å². The molecule has 1 fully saturated rings. The monoisotopic (exact) mass is 283 g/mol. The molecule has 2 rings (SSSR count). The summed E-state index contributed by atoms with van der Waals surface area (Å²) in [4.78, 5) is 15.7. The standard InChI is InChI=1S/C12H14BrNO2/c13-10-5-11(7-14-6-10)16-8-12(15)9-3-1-2-4-9/h5-7,9H,1-4,8H2. The highest BCUT2D eigenvalue weighted by Crippen LogP contribution is 2.25. The van der Waals surface area contributed by atoms with Gasteiger partial charge in [-0.05, 0) is 34.8 Å². The van der Waals surface area contributed by atoms with Crippen molar-refractivity contribution < 1.29 is 9.53 Å². The molecular formula is C12H14BrNO2. The van der Waals surface area contributed by atoms with Crippen LogP contribution < -0.4 is 4.74 Å². The summed E-state index contributed by atoms with van der Waals surface area (Å²) in [5.74, 6) is 1.08. The van der Waals surface area contributed by atoms with Crippen LogP contribution in [0.1, 0.15) is 25.7 Å². The van der Waals surface area contributed by atoms with E-state index >= 15 is 0 Å². The van der Waals surface area contributed by atoms with Gasteiger partial charge < -0.3 is 4.74 Å². The fourth-order valence-electron chi connectivity index (χ4n) is 1.99. The van der Waals surface area contributed by atoms with Crippen molar-refractivity contribution in [1.29, 1.82) is 0 Å². The third-order valence-corrected chi connectivity index (χ3v) is 3.31. The molecule has 1 aliphatic rings. The number of halogens is 1.